The van der Waals surface area contributed by atoms with E-state index in [1.807, 2.05) is 0 Å². The van der Waals surface area contributed by atoms with Crippen LogP contribution in [-0.4, -0.2) is 86.7 Å². The Kier molecular flexibility index (Phi) is 19.8. The summed E-state index contributed by atoms with van der Waals surface area (Å²) in [5.74, 6) is -0.880. The van der Waals surface area contributed by atoms with Gasteiger partial charge < -0.3 is 45.9 Å². The average Bonchev–Trinajstić information content (AvgIpc) is 2.95. The number of aliphatic carboxylic acids is 1. The van der Waals surface area contributed by atoms with Crippen LogP contribution in [0.15, 0.2) is 0 Å². The molecule has 4 atom stereocenters. The second-order valence-electron chi connectivity index (χ2n) is 4.43. The van der Waals surface area contributed by atoms with E-state index in [9.17, 15) is 4.79 Å². The maximum absolute atomic E-state index is 10.1. The summed E-state index contributed by atoms with van der Waals surface area (Å²) in [7, 11) is 0. The third kappa shape index (κ3) is 16.3. The van der Waals surface area contributed by atoms with Crippen molar-refractivity contribution < 1.29 is 74.9 Å². The quantitative estimate of drug-likeness (QED) is 0.236. The van der Waals surface area contributed by atoms with Crippen LogP contribution in [0.4, 0.5) is 0 Å². The van der Waals surface area contributed by atoms with Gasteiger partial charge in [0.2, 0.25) is 5.91 Å². The SMILES string of the molecule is CC(=O)[O-].O=C1CCCN1.OCC(O)C(O)C(O)C(O)CO.[Na+]. The predicted molar refractivity (Wildman–Crippen MR) is 71.1 cm³/mol. The Morgan fingerprint density at radius 3 is 1.61 bits per heavy atom. The summed E-state index contributed by atoms with van der Waals surface area (Å²) in [6, 6.07) is 0. The van der Waals surface area contributed by atoms with Crippen molar-refractivity contribution in [1.29, 1.82) is 0 Å². The van der Waals surface area contributed by atoms with Gasteiger partial charge in [-0.2, -0.15) is 0 Å². The number of hydrogen-bond acceptors (Lipinski definition) is 9. The van der Waals surface area contributed by atoms with E-state index in [1.165, 1.54) is 0 Å². The molecule has 0 spiro atoms. The summed E-state index contributed by atoms with van der Waals surface area (Å²) in [6.45, 7) is 0.408. The van der Waals surface area contributed by atoms with Crippen LogP contribution in [0.2, 0.25) is 0 Å². The summed E-state index contributed by atoms with van der Waals surface area (Å²) >= 11 is 0. The van der Waals surface area contributed by atoms with E-state index in [2.05, 4.69) is 5.32 Å². The number of rotatable bonds is 5. The van der Waals surface area contributed by atoms with Crippen LogP contribution in [0.1, 0.15) is 19.8 Å². The van der Waals surface area contributed by atoms with Crippen molar-refractivity contribution in [1.82, 2.24) is 5.32 Å². The molecule has 1 aliphatic rings. The fraction of sp³-hybridized carbons (Fsp3) is 0.833. The van der Waals surface area contributed by atoms with Gasteiger partial charge >= 0.3 is 29.6 Å². The molecule has 11 heteroatoms. The van der Waals surface area contributed by atoms with Crippen LogP contribution in [-0.2, 0) is 9.59 Å². The van der Waals surface area contributed by atoms with Crippen molar-refractivity contribution >= 4 is 11.9 Å². The molecule has 0 bridgehead atoms. The fourth-order valence-corrected chi connectivity index (χ4v) is 1.24. The number of amides is 1. The van der Waals surface area contributed by atoms with Crippen molar-refractivity contribution in [2.45, 2.75) is 44.2 Å². The Bertz CT molecular complexity index is 293. The van der Waals surface area contributed by atoms with Gasteiger partial charge in [0.15, 0.2) is 0 Å². The van der Waals surface area contributed by atoms with Crippen LogP contribution < -0.4 is 40.0 Å². The molecule has 1 aliphatic heterocycles. The van der Waals surface area contributed by atoms with E-state index in [0.29, 0.717) is 0 Å². The van der Waals surface area contributed by atoms with Crippen LogP contribution in [0.5, 0.6) is 0 Å². The van der Waals surface area contributed by atoms with E-state index in [-0.39, 0.29) is 35.5 Å². The Morgan fingerprint density at radius 2 is 1.48 bits per heavy atom. The Morgan fingerprint density at radius 1 is 1.13 bits per heavy atom. The number of nitrogens with one attached hydrogen (secondary N) is 1. The fourth-order valence-electron chi connectivity index (χ4n) is 1.24. The number of carboxylic acids is 1. The van der Waals surface area contributed by atoms with Gasteiger partial charge in [-0.3, -0.25) is 4.79 Å². The van der Waals surface area contributed by atoms with Gasteiger partial charge in [0.05, 0.1) is 13.2 Å². The first kappa shape index (κ1) is 27.5. The van der Waals surface area contributed by atoms with E-state index >= 15 is 0 Å². The first-order chi connectivity index (χ1) is 10.2. The zero-order valence-electron chi connectivity index (χ0n) is 13.3. The van der Waals surface area contributed by atoms with Gasteiger partial charge in [0.1, 0.15) is 24.4 Å². The maximum atomic E-state index is 10.1. The van der Waals surface area contributed by atoms with Crippen molar-refractivity contribution in [3.63, 3.8) is 0 Å². The van der Waals surface area contributed by atoms with E-state index in [0.717, 1.165) is 26.3 Å². The minimum absolute atomic E-state index is 0. The van der Waals surface area contributed by atoms with Crippen molar-refractivity contribution in [3.8, 4) is 0 Å². The standard InChI is InChI=1S/C6H14O6.C4H7NO.C2H4O2.Na/c7-1-3(9)5(11)6(12)4(10)2-8;6-4-2-1-3-5-4;1-2(3)4;/h3-12H,1-2H2;1-3H2,(H,5,6);1H3,(H,3,4);/q;;;+1/p-1. The molecule has 1 heterocycles. The Balaban J connectivity index is -0.000000302. The van der Waals surface area contributed by atoms with Crippen LogP contribution in [0.25, 0.3) is 0 Å². The number of carboxylic acid groups (broad SMARTS) is 1. The summed E-state index contributed by atoms with van der Waals surface area (Å²) < 4.78 is 0. The summed E-state index contributed by atoms with van der Waals surface area (Å²) in [5, 5.41) is 63.7. The molecule has 0 aromatic heterocycles. The topological polar surface area (TPSA) is 191 Å². The van der Waals surface area contributed by atoms with Crippen molar-refractivity contribution in [2.24, 2.45) is 0 Å². The molecule has 1 amide bonds. The molecule has 0 radical (unpaired) electrons. The Hall–Kier alpha value is -0.300. The maximum Gasteiger partial charge on any atom is 1.00 e. The average molecular weight is 349 g/mol. The Labute approximate surface area is 156 Å². The van der Waals surface area contributed by atoms with Gasteiger partial charge in [-0.15, -0.1) is 0 Å². The minimum atomic E-state index is -1.67. The van der Waals surface area contributed by atoms with Gasteiger partial charge in [0, 0.05) is 18.9 Å². The molecule has 132 valence electrons. The molecule has 1 rings (SSSR count). The smallest absolute Gasteiger partial charge is 0.550 e. The van der Waals surface area contributed by atoms with Crippen LogP contribution >= 0.6 is 0 Å². The van der Waals surface area contributed by atoms with Crippen LogP contribution in [0, 0.1) is 0 Å². The minimum Gasteiger partial charge on any atom is -0.550 e. The number of aliphatic hydroxyl groups excluding tert-OH is 6. The molecule has 0 aliphatic carbocycles. The normalized spacial score (nSPS) is 17.8. The number of hydrogen-bond donors (Lipinski definition) is 7. The molecule has 0 saturated carbocycles. The molecule has 7 N–H and O–H groups in total. The predicted octanol–water partition coefficient (Wildman–Crippen LogP) is -7.93. The third-order valence-corrected chi connectivity index (χ3v) is 2.42. The van der Waals surface area contributed by atoms with Gasteiger partial charge in [-0.25, -0.2) is 0 Å². The van der Waals surface area contributed by atoms with E-state index < -0.39 is 43.6 Å². The molecule has 0 aromatic rings. The van der Waals surface area contributed by atoms with Gasteiger partial charge in [-0.1, -0.05) is 0 Å². The van der Waals surface area contributed by atoms with Crippen LogP contribution in [0.3, 0.4) is 0 Å². The molecule has 0 aromatic carbocycles. The number of aliphatic hydroxyl groups is 6. The van der Waals surface area contributed by atoms with Gasteiger partial charge in [0.25, 0.3) is 0 Å². The van der Waals surface area contributed by atoms with E-state index in [1.54, 1.807) is 0 Å². The summed E-state index contributed by atoms with van der Waals surface area (Å²) in [4.78, 5) is 19.0. The zero-order valence-corrected chi connectivity index (χ0v) is 15.3. The molecule has 10 nitrogen and oxygen atoms in total. The molecule has 23 heavy (non-hydrogen) atoms. The van der Waals surface area contributed by atoms with E-state index in [4.69, 9.17) is 40.5 Å². The number of carbonyl (C=O) groups excluding carboxylic acids is 2. The summed E-state index contributed by atoms with van der Waals surface area (Å²) in [5.41, 5.74) is 0. The molecular formula is C12H24NNaO9. The zero-order chi connectivity index (χ0) is 17.7. The molecule has 1 fully saturated rings. The van der Waals surface area contributed by atoms with Gasteiger partial charge in [-0.05, 0) is 13.3 Å². The van der Waals surface area contributed by atoms with Crippen molar-refractivity contribution in [3.05, 3.63) is 0 Å². The first-order valence-corrected chi connectivity index (χ1v) is 6.55. The molecule has 4 unspecified atom stereocenters. The second-order valence-corrected chi connectivity index (χ2v) is 4.43. The first-order valence-electron chi connectivity index (χ1n) is 6.55. The number of carbonyl (C=O) groups is 2. The second kappa shape index (κ2) is 16.6. The van der Waals surface area contributed by atoms with Crippen molar-refractivity contribution in [2.75, 3.05) is 19.8 Å². The monoisotopic (exact) mass is 349 g/mol. The largest absolute Gasteiger partial charge is 1.00 e. The molecular weight excluding hydrogens is 325 g/mol. The summed E-state index contributed by atoms with van der Waals surface area (Å²) in [6.07, 6.45) is -4.63. The third-order valence-electron chi connectivity index (χ3n) is 2.42. The molecule has 1 saturated heterocycles.